The molecule has 0 N–H and O–H groups in total. The topological polar surface area (TPSA) is 102 Å². The third-order valence-electron chi connectivity index (χ3n) is 4.35. The van der Waals surface area contributed by atoms with E-state index in [9.17, 15) is 18.0 Å². The van der Waals surface area contributed by atoms with Gasteiger partial charge in [0.05, 0.1) is 16.4 Å². The quantitative estimate of drug-likeness (QED) is 0.697. The van der Waals surface area contributed by atoms with E-state index in [1.807, 2.05) is 18.4 Å². The predicted octanol–water partition coefficient (Wildman–Crippen LogP) is 1.38. The largest absolute Gasteiger partial charge is 0.437 e. The first-order chi connectivity index (χ1) is 12.4. The molecule has 0 aromatic carbocycles. The summed E-state index contributed by atoms with van der Waals surface area (Å²) < 4.78 is 29.7. The van der Waals surface area contributed by atoms with Gasteiger partial charge in [-0.25, -0.2) is 13.2 Å². The monoisotopic (exact) mass is 399 g/mol. The van der Waals surface area contributed by atoms with Crippen LogP contribution in [0.4, 0.5) is 0 Å². The number of aromatic nitrogens is 2. The maximum atomic E-state index is 12.8. The van der Waals surface area contributed by atoms with Gasteiger partial charge in [0.1, 0.15) is 6.54 Å². The van der Waals surface area contributed by atoms with Crippen molar-refractivity contribution in [3.8, 4) is 10.8 Å². The van der Waals surface area contributed by atoms with Gasteiger partial charge in [0, 0.05) is 12.6 Å². The van der Waals surface area contributed by atoms with Gasteiger partial charge in [0.15, 0.2) is 9.84 Å². The van der Waals surface area contributed by atoms with Gasteiger partial charge in [-0.1, -0.05) is 19.4 Å². The Balaban J connectivity index is 1.76. The molecule has 0 aliphatic carbocycles. The Hall–Kier alpha value is -1.94. The highest BCUT2D eigenvalue weighted by atomic mass is 32.2. The highest BCUT2D eigenvalue weighted by Crippen LogP contribution is 2.22. The number of hydrogen-bond donors (Lipinski definition) is 0. The van der Waals surface area contributed by atoms with Crippen molar-refractivity contribution in [1.29, 1.82) is 0 Å². The van der Waals surface area contributed by atoms with Crippen molar-refractivity contribution in [2.45, 2.75) is 38.8 Å². The fraction of sp³-hybridized carbons (Fsp3) is 0.562. The van der Waals surface area contributed by atoms with Crippen molar-refractivity contribution < 1.29 is 17.6 Å². The molecule has 1 unspecified atom stereocenters. The van der Waals surface area contributed by atoms with Crippen LogP contribution < -0.4 is 5.76 Å². The lowest BCUT2D eigenvalue weighted by Gasteiger charge is -2.28. The summed E-state index contributed by atoms with van der Waals surface area (Å²) in [5.74, 6) is -0.748. The SMILES string of the molecule is CCCCN(C(=O)Cn1nc(-c2cccs2)oc1=O)C1CCS(=O)(=O)C1. The molecule has 2 aromatic rings. The molecule has 142 valence electrons. The fourth-order valence-corrected chi connectivity index (χ4v) is 5.36. The average Bonchev–Trinajstić information content (AvgIpc) is 3.29. The van der Waals surface area contributed by atoms with Crippen molar-refractivity contribution in [1.82, 2.24) is 14.7 Å². The number of amides is 1. The lowest BCUT2D eigenvalue weighted by molar-refractivity contribution is -0.134. The zero-order valence-corrected chi connectivity index (χ0v) is 16.1. The van der Waals surface area contributed by atoms with Crippen LogP contribution in [0.25, 0.3) is 10.8 Å². The molecule has 8 nitrogen and oxygen atoms in total. The molecule has 0 saturated carbocycles. The van der Waals surface area contributed by atoms with Gasteiger partial charge >= 0.3 is 5.76 Å². The second-order valence-corrected chi connectivity index (χ2v) is 9.48. The highest BCUT2D eigenvalue weighted by molar-refractivity contribution is 7.91. The fourth-order valence-electron chi connectivity index (χ4n) is 2.99. The molecular formula is C16H21N3O5S2. The Bertz CT molecular complexity index is 914. The second-order valence-electron chi connectivity index (χ2n) is 6.31. The van der Waals surface area contributed by atoms with Crippen molar-refractivity contribution >= 4 is 27.1 Å². The number of sulfone groups is 1. The van der Waals surface area contributed by atoms with Gasteiger partial charge in [0.25, 0.3) is 5.89 Å². The third-order valence-corrected chi connectivity index (χ3v) is 6.95. The van der Waals surface area contributed by atoms with Gasteiger partial charge in [-0.05, 0) is 24.3 Å². The molecule has 1 saturated heterocycles. The van der Waals surface area contributed by atoms with Crippen molar-refractivity contribution in [2.75, 3.05) is 18.1 Å². The molecule has 1 aliphatic rings. The van der Waals surface area contributed by atoms with Gasteiger partial charge in [-0.3, -0.25) is 4.79 Å². The molecule has 1 atom stereocenters. The summed E-state index contributed by atoms with van der Waals surface area (Å²) in [5.41, 5.74) is 0. The second kappa shape index (κ2) is 7.75. The van der Waals surface area contributed by atoms with E-state index in [0.717, 1.165) is 17.5 Å². The molecule has 0 bridgehead atoms. The molecule has 3 heterocycles. The smallest absolute Gasteiger partial charge is 0.387 e. The first-order valence-electron chi connectivity index (χ1n) is 8.51. The first kappa shape index (κ1) is 18.8. The van der Waals surface area contributed by atoms with Crippen molar-refractivity contribution in [2.24, 2.45) is 0 Å². The average molecular weight is 399 g/mol. The van der Waals surface area contributed by atoms with E-state index >= 15 is 0 Å². The van der Waals surface area contributed by atoms with E-state index < -0.39 is 15.6 Å². The van der Waals surface area contributed by atoms with Crippen LogP contribution in [-0.4, -0.2) is 53.1 Å². The number of carbonyl (C=O) groups excluding carboxylic acids is 1. The molecule has 1 fully saturated rings. The summed E-state index contributed by atoms with van der Waals surface area (Å²) in [4.78, 5) is 27.1. The van der Waals surface area contributed by atoms with E-state index in [0.29, 0.717) is 17.8 Å². The normalized spacial score (nSPS) is 18.9. The van der Waals surface area contributed by atoms with Gasteiger partial charge in [-0.2, -0.15) is 4.68 Å². The molecule has 3 rings (SSSR count). The zero-order chi connectivity index (χ0) is 18.7. The van der Waals surface area contributed by atoms with Crippen LogP contribution in [0.2, 0.25) is 0 Å². The molecule has 0 spiro atoms. The van der Waals surface area contributed by atoms with Crippen molar-refractivity contribution in [3.05, 3.63) is 28.1 Å². The van der Waals surface area contributed by atoms with Crippen LogP contribution >= 0.6 is 11.3 Å². The number of nitrogens with zero attached hydrogens (tertiary/aromatic N) is 3. The molecular weight excluding hydrogens is 378 g/mol. The summed E-state index contributed by atoms with van der Waals surface area (Å²) in [6.45, 7) is 2.22. The van der Waals surface area contributed by atoms with Gasteiger partial charge in [0.2, 0.25) is 5.91 Å². The Labute approximate surface area is 155 Å². The van der Waals surface area contributed by atoms with Crippen LogP contribution in [0.5, 0.6) is 0 Å². The highest BCUT2D eigenvalue weighted by Gasteiger charge is 2.34. The van der Waals surface area contributed by atoms with Crippen LogP contribution in [0.15, 0.2) is 26.7 Å². The van der Waals surface area contributed by atoms with Crippen molar-refractivity contribution in [3.63, 3.8) is 0 Å². The molecule has 0 radical (unpaired) electrons. The Morgan fingerprint density at radius 2 is 2.31 bits per heavy atom. The zero-order valence-electron chi connectivity index (χ0n) is 14.5. The van der Waals surface area contributed by atoms with Gasteiger partial charge < -0.3 is 9.32 Å². The standard InChI is InChI=1S/C16H21N3O5S2/c1-2-3-7-18(12-6-9-26(22,23)11-12)14(20)10-19-16(21)24-15(17-19)13-5-4-8-25-13/h4-5,8,12H,2-3,6-7,9-11H2,1H3. The predicted molar refractivity (Wildman–Crippen MR) is 97.8 cm³/mol. The maximum absolute atomic E-state index is 12.8. The molecule has 10 heteroatoms. The van der Waals surface area contributed by atoms with Crippen LogP contribution in [-0.2, 0) is 21.2 Å². The summed E-state index contributed by atoms with van der Waals surface area (Å²) >= 11 is 1.38. The van der Waals surface area contributed by atoms with E-state index in [-0.39, 0.29) is 35.9 Å². The van der Waals surface area contributed by atoms with E-state index in [2.05, 4.69) is 5.10 Å². The number of hydrogen-bond acceptors (Lipinski definition) is 7. The number of rotatable bonds is 7. The molecule has 2 aromatic heterocycles. The Morgan fingerprint density at radius 1 is 1.50 bits per heavy atom. The third kappa shape index (κ3) is 4.24. The number of thiophene rings is 1. The van der Waals surface area contributed by atoms with E-state index in [1.165, 1.54) is 11.3 Å². The molecule has 26 heavy (non-hydrogen) atoms. The summed E-state index contributed by atoms with van der Waals surface area (Å²) in [6, 6.07) is 3.26. The number of unbranched alkanes of at least 4 members (excludes halogenated alkanes) is 1. The Kier molecular flexibility index (Phi) is 5.61. The minimum atomic E-state index is -3.10. The lowest BCUT2D eigenvalue weighted by Crippen LogP contribution is -2.44. The first-order valence-corrected chi connectivity index (χ1v) is 11.2. The van der Waals surface area contributed by atoms with Crippen LogP contribution in [0.1, 0.15) is 26.2 Å². The van der Waals surface area contributed by atoms with E-state index in [1.54, 1.807) is 11.0 Å². The summed E-state index contributed by atoms with van der Waals surface area (Å²) in [7, 11) is -3.10. The van der Waals surface area contributed by atoms with Crippen LogP contribution in [0, 0.1) is 0 Å². The summed E-state index contributed by atoms with van der Waals surface area (Å²) in [6.07, 6.45) is 2.10. The minimum absolute atomic E-state index is 0.0172. The maximum Gasteiger partial charge on any atom is 0.437 e. The minimum Gasteiger partial charge on any atom is -0.387 e. The summed E-state index contributed by atoms with van der Waals surface area (Å²) in [5, 5.41) is 5.93. The lowest BCUT2D eigenvalue weighted by atomic mass is 10.2. The van der Waals surface area contributed by atoms with Gasteiger partial charge in [-0.15, -0.1) is 16.4 Å². The number of carbonyl (C=O) groups is 1. The molecule has 1 aliphatic heterocycles. The molecule has 1 amide bonds. The Morgan fingerprint density at radius 3 is 2.92 bits per heavy atom. The van der Waals surface area contributed by atoms with E-state index in [4.69, 9.17) is 4.42 Å². The van der Waals surface area contributed by atoms with Crippen LogP contribution in [0.3, 0.4) is 0 Å².